The van der Waals surface area contributed by atoms with E-state index in [1.807, 2.05) is 0 Å². The van der Waals surface area contributed by atoms with E-state index >= 15 is 0 Å². The molecule has 0 radical (unpaired) electrons. The Kier molecular flexibility index (Phi) is 12.9. The Hall–Kier alpha value is -0.510. The van der Waals surface area contributed by atoms with Gasteiger partial charge in [-0.25, -0.2) is 0 Å². The van der Waals surface area contributed by atoms with Gasteiger partial charge in [-0.3, -0.25) is 4.79 Å². The number of halogens is 1. The Morgan fingerprint density at radius 1 is 1.03 bits per heavy atom. The highest BCUT2D eigenvalue weighted by Crippen LogP contribution is 2.47. The molecule has 3 aliphatic heterocycles. The number of carbonyl (C=O) groups is 1. The number of unbranched alkanes of at least 4 members (excludes halogenated alkanes) is 2. The lowest BCUT2D eigenvalue weighted by molar-refractivity contribution is -0.194. The van der Waals surface area contributed by atoms with Crippen LogP contribution in [0.2, 0.25) is 0 Å². The Morgan fingerprint density at radius 2 is 1.79 bits per heavy atom. The zero-order valence-electron chi connectivity index (χ0n) is 23.1. The van der Waals surface area contributed by atoms with Crippen molar-refractivity contribution in [1.29, 1.82) is 0 Å². The fourth-order valence-electron chi connectivity index (χ4n) is 6.46. The van der Waals surface area contributed by atoms with Crippen molar-refractivity contribution in [2.45, 2.75) is 145 Å². The molecular weight excluding hydrogens is 552 g/mol. The summed E-state index contributed by atoms with van der Waals surface area (Å²) in [6.45, 7) is 3.80. The standard InChI is InChI=1S/C30H49BrO7/c1-2-3-4-10-21(36-29-13-5-7-17-34-29)15-16-22-23-19-27(24(31)11-9-12-28(32)33)37-26(23)20-25(22)38-30-14-6-8-18-35-30/h15-16,21-27,29-30H,2-14,17-20H2,1H3,(H,32,33)/b16-15+/t21-,22+,23+,24+,25+,26-,27-,29?,30?/m0/s1. The van der Waals surface area contributed by atoms with Gasteiger partial charge < -0.3 is 28.8 Å². The molecule has 3 saturated heterocycles. The van der Waals surface area contributed by atoms with Crippen LogP contribution in [0, 0.1) is 11.8 Å². The maximum absolute atomic E-state index is 10.9. The first-order valence-corrected chi connectivity index (χ1v) is 16.2. The molecule has 1 N–H and O–H groups in total. The van der Waals surface area contributed by atoms with Crippen molar-refractivity contribution >= 4 is 21.9 Å². The molecule has 4 aliphatic rings. The number of hydrogen-bond donors (Lipinski definition) is 1. The summed E-state index contributed by atoms with van der Waals surface area (Å²) in [7, 11) is 0. The quantitative estimate of drug-likeness (QED) is 0.126. The molecule has 0 amide bonds. The predicted molar refractivity (Wildman–Crippen MR) is 149 cm³/mol. The molecule has 38 heavy (non-hydrogen) atoms. The van der Waals surface area contributed by atoms with Crippen LogP contribution < -0.4 is 0 Å². The number of aliphatic carboxylic acids is 1. The molecule has 1 aliphatic carbocycles. The molecule has 2 unspecified atom stereocenters. The second kappa shape index (κ2) is 16.1. The molecule has 0 aromatic carbocycles. The first-order chi connectivity index (χ1) is 18.5. The molecule has 3 heterocycles. The molecule has 0 bridgehead atoms. The van der Waals surface area contributed by atoms with Crippen LogP contribution in [-0.4, -0.2) is 66.1 Å². The lowest BCUT2D eigenvalue weighted by Crippen LogP contribution is -2.32. The van der Waals surface area contributed by atoms with Gasteiger partial charge in [-0.15, -0.1) is 0 Å². The van der Waals surface area contributed by atoms with Crippen molar-refractivity contribution in [2.24, 2.45) is 11.8 Å². The highest BCUT2D eigenvalue weighted by Gasteiger charge is 2.50. The van der Waals surface area contributed by atoms with E-state index in [0.29, 0.717) is 12.3 Å². The van der Waals surface area contributed by atoms with Gasteiger partial charge in [0.25, 0.3) is 0 Å². The number of carboxylic acids is 1. The van der Waals surface area contributed by atoms with Crippen LogP contribution in [0.1, 0.15) is 103 Å². The van der Waals surface area contributed by atoms with Gasteiger partial charge in [-0.2, -0.15) is 0 Å². The molecule has 8 heteroatoms. The van der Waals surface area contributed by atoms with E-state index in [-0.39, 0.29) is 54.2 Å². The van der Waals surface area contributed by atoms with Crippen LogP contribution in [-0.2, 0) is 28.5 Å². The minimum Gasteiger partial charge on any atom is -0.481 e. The van der Waals surface area contributed by atoms with Crippen molar-refractivity contribution < 1.29 is 33.6 Å². The lowest BCUT2D eigenvalue weighted by Gasteiger charge is -2.30. The van der Waals surface area contributed by atoms with Crippen LogP contribution >= 0.6 is 15.9 Å². The van der Waals surface area contributed by atoms with Crippen LogP contribution in [0.25, 0.3) is 0 Å². The normalized spacial score (nSPS) is 35.4. The zero-order valence-corrected chi connectivity index (χ0v) is 24.7. The smallest absolute Gasteiger partial charge is 0.303 e. The molecule has 4 rings (SSSR count). The summed E-state index contributed by atoms with van der Waals surface area (Å²) in [6, 6.07) is 0. The second-order valence-corrected chi connectivity index (χ2v) is 12.7. The average molecular weight is 602 g/mol. The summed E-state index contributed by atoms with van der Waals surface area (Å²) >= 11 is 3.81. The molecular formula is C30H49BrO7. The number of carboxylic acid groups (broad SMARTS) is 1. The number of fused-ring (bicyclic) bond motifs is 1. The van der Waals surface area contributed by atoms with Crippen molar-refractivity contribution in [3.8, 4) is 0 Å². The predicted octanol–water partition coefficient (Wildman–Crippen LogP) is 6.76. The minimum absolute atomic E-state index is 0.0494. The molecule has 0 spiro atoms. The van der Waals surface area contributed by atoms with Gasteiger partial charge in [0, 0.05) is 36.8 Å². The van der Waals surface area contributed by atoms with Gasteiger partial charge in [0.1, 0.15) is 0 Å². The number of rotatable bonds is 15. The van der Waals surface area contributed by atoms with Gasteiger partial charge in [-0.05, 0) is 70.1 Å². The fraction of sp³-hybridized carbons (Fsp3) is 0.900. The topological polar surface area (TPSA) is 83.5 Å². The van der Waals surface area contributed by atoms with Crippen molar-refractivity contribution in [1.82, 2.24) is 0 Å². The number of hydrogen-bond acceptors (Lipinski definition) is 6. The Labute approximate surface area is 237 Å². The SMILES string of the molecule is CCCCC[C@@H](/C=C/[C@@H]1[C@H]2C[C@@H]([C@H](Br)CCCC(=O)O)O[C@H]2C[C@H]1OC1CCCCO1)OC1CCCCO1. The summed E-state index contributed by atoms with van der Waals surface area (Å²) in [5.74, 6) is -0.108. The number of ether oxygens (including phenoxy) is 5. The van der Waals surface area contributed by atoms with Gasteiger partial charge >= 0.3 is 5.97 Å². The average Bonchev–Trinajstić information content (AvgIpc) is 3.46. The Bertz CT molecular complexity index is 721. The van der Waals surface area contributed by atoms with E-state index in [1.165, 1.54) is 19.3 Å². The first kappa shape index (κ1) is 30.4. The van der Waals surface area contributed by atoms with Gasteiger partial charge in [-0.1, -0.05) is 54.3 Å². The van der Waals surface area contributed by atoms with Crippen LogP contribution in [0.5, 0.6) is 0 Å². The van der Waals surface area contributed by atoms with Crippen molar-refractivity contribution in [3.63, 3.8) is 0 Å². The van der Waals surface area contributed by atoms with Crippen LogP contribution in [0.4, 0.5) is 0 Å². The summed E-state index contributed by atoms with van der Waals surface area (Å²) < 4.78 is 31.4. The highest BCUT2D eigenvalue weighted by atomic mass is 79.9. The third-order valence-electron chi connectivity index (χ3n) is 8.56. The Balaban J connectivity index is 1.41. The second-order valence-electron chi connectivity index (χ2n) is 11.5. The zero-order chi connectivity index (χ0) is 26.7. The van der Waals surface area contributed by atoms with Crippen LogP contribution in [0.3, 0.4) is 0 Å². The molecule has 0 aromatic heterocycles. The maximum atomic E-state index is 10.9. The molecule has 218 valence electrons. The third kappa shape index (κ3) is 9.27. The van der Waals surface area contributed by atoms with Crippen molar-refractivity contribution in [2.75, 3.05) is 13.2 Å². The van der Waals surface area contributed by atoms with Crippen LogP contribution in [0.15, 0.2) is 12.2 Å². The minimum atomic E-state index is -0.738. The van der Waals surface area contributed by atoms with Gasteiger partial charge in [0.2, 0.25) is 0 Å². The first-order valence-electron chi connectivity index (χ1n) is 15.3. The molecule has 1 saturated carbocycles. The van der Waals surface area contributed by atoms with Crippen molar-refractivity contribution in [3.05, 3.63) is 12.2 Å². The summed E-state index contributed by atoms with van der Waals surface area (Å²) in [5.41, 5.74) is 0. The third-order valence-corrected chi connectivity index (χ3v) is 9.61. The van der Waals surface area contributed by atoms with E-state index in [1.54, 1.807) is 0 Å². The van der Waals surface area contributed by atoms with E-state index < -0.39 is 5.97 Å². The maximum Gasteiger partial charge on any atom is 0.303 e. The van der Waals surface area contributed by atoms with E-state index in [0.717, 1.165) is 77.4 Å². The summed E-state index contributed by atoms with van der Waals surface area (Å²) in [6.07, 6.45) is 19.4. The summed E-state index contributed by atoms with van der Waals surface area (Å²) in [5, 5.41) is 9.00. The molecule has 7 nitrogen and oxygen atoms in total. The van der Waals surface area contributed by atoms with E-state index in [9.17, 15) is 4.79 Å². The van der Waals surface area contributed by atoms with E-state index in [2.05, 4.69) is 35.0 Å². The molecule has 9 atom stereocenters. The summed E-state index contributed by atoms with van der Waals surface area (Å²) in [4.78, 5) is 11.1. The molecule has 4 fully saturated rings. The van der Waals surface area contributed by atoms with E-state index in [4.69, 9.17) is 28.8 Å². The lowest BCUT2D eigenvalue weighted by atomic mass is 9.88. The Morgan fingerprint density at radius 3 is 2.47 bits per heavy atom. The van der Waals surface area contributed by atoms with Gasteiger partial charge in [0.15, 0.2) is 12.6 Å². The fourth-order valence-corrected chi connectivity index (χ4v) is 7.13. The number of alkyl halides is 1. The van der Waals surface area contributed by atoms with Gasteiger partial charge in [0.05, 0.1) is 24.4 Å². The monoisotopic (exact) mass is 600 g/mol. The molecule has 0 aromatic rings. The highest BCUT2D eigenvalue weighted by molar-refractivity contribution is 9.09. The largest absolute Gasteiger partial charge is 0.481 e.